The molecule has 2 rings (SSSR count). The number of amides is 1. The standard InChI is InChI=1S/C15H23N5O/c1-6-19-9-14(11(4)18-19)10(3)17-15(21)13-8-16-20(7-2)12(13)5/h8-10H,6-7H2,1-5H3,(H,17,21). The van der Waals surface area contributed by atoms with Gasteiger partial charge in [0.2, 0.25) is 0 Å². The summed E-state index contributed by atoms with van der Waals surface area (Å²) in [5.74, 6) is -0.0941. The molecule has 2 aromatic rings. The molecule has 114 valence electrons. The molecule has 1 unspecified atom stereocenters. The molecule has 6 nitrogen and oxygen atoms in total. The largest absolute Gasteiger partial charge is 0.345 e. The average Bonchev–Trinajstić information content (AvgIpc) is 3.01. The normalized spacial score (nSPS) is 12.4. The Balaban J connectivity index is 2.14. The number of nitrogens with zero attached hydrogens (tertiary/aromatic N) is 4. The smallest absolute Gasteiger partial charge is 0.255 e. The van der Waals surface area contributed by atoms with Crippen molar-refractivity contribution in [3.8, 4) is 0 Å². The molecule has 0 aromatic carbocycles. The van der Waals surface area contributed by atoms with Crippen molar-refractivity contribution in [1.82, 2.24) is 24.9 Å². The van der Waals surface area contributed by atoms with Crippen LogP contribution in [0.1, 0.15) is 54.1 Å². The van der Waals surface area contributed by atoms with Gasteiger partial charge in [0.1, 0.15) is 0 Å². The maximum absolute atomic E-state index is 12.4. The van der Waals surface area contributed by atoms with Gasteiger partial charge in [0.15, 0.2) is 0 Å². The summed E-state index contributed by atoms with van der Waals surface area (Å²) in [6.07, 6.45) is 3.62. The van der Waals surface area contributed by atoms with E-state index in [0.29, 0.717) is 5.56 Å². The van der Waals surface area contributed by atoms with E-state index in [9.17, 15) is 4.79 Å². The predicted molar refractivity (Wildman–Crippen MR) is 81.2 cm³/mol. The summed E-state index contributed by atoms with van der Waals surface area (Å²) >= 11 is 0. The second-order valence-corrected chi connectivity index (χ2v) is 5.18. The van der Waals surface area contributed by atoms with E-state index in [1.54, 1.807) is 6.20 Å². The minimum Gasteiger partial charge on any atom is -0.345 e. The van der Waals surface area contributed by atoms with E-state index in [4.69, 9.17) is 0 Å². The second kappa shape index (κ2) is 6.11. The lowest BCUT2D eigenvalue weighted by molar-refractivity contribution is 0.0939. The second-order valence-electron chi connectivity index (χ2n) is 5.18. The SMILES string of the molecule is CCn1cc(C(C)NC(=O)c2cnn(CC)c2C)c(C)n1. The molecule has 2 heterocycles. The summed E-state index contributed by atoms with van der Waals surface area (Å²) in [5.41, 5.74) is 3.52. The Hall–Kier alpha value is -2.11. The number of aromatic nitrogens is 4. The van der Waals surface area contributed by atoms with Gasteiger partial charge in [0.05, 0.1) is 23.5 Å². The summed E-state index contributed by atoms with van der Waals surface area (Å²) in [7, 11) is 0. The fourth-order valence-electron chi connectivity index (χ4n) is 2.46. The van der Waals surface area contributed by atoms with Crippen molar-refractivity contribution in [3.63, 3.8) is 0 Å². The number of carbonyl (C=O) groups excluding carboxylic acids is 1. The van der Waals surface area contributed by atoms with Crippen molar-refractivity contribution in [2.24, 2.45) is 0 Å². The third kappa shape index (κ3) is 2.99. The number of aryl methyl sites for hydroxylation is 3. The summed E-state index contributed by atoms with van der Waals surface area (Å²) < 4.78 is 3.70. The molecule has 0 spiro atoms. The van der Waals surface area contributed by atoms with E-state index in [1.165, 1.54) is 0 Å². The van der Waals surface area contributed by atoms with Crippen LogP contribution in [-0.4, -0.2) is 25.5 Å². The predicted octanol–water partition coefficient (Wildman–Crippen LogP) is 2.23. The van der Waals surface area contributed by atoms with Crippen molar-refractivity contribution in [2.45, 2.75) is 53.8 Å². The van der Waals surface area contributed by atoms with Crippen molar-refractivity contribution in [3.05, 3.63) is 34.9 Å². The molecule has 0 saturated heterocycles. The van der Waals surface area contributed by atoms with Crippen LogP contribution in [0.2, 0.25) is 0 Å². The lowest BCUT2D eigenvalue weighted by atomic mass is 10.1. The van der Waals surface area contributed by atoms with Crippen molar-refractivity contribution in [2.75, 3.05) is 0 Å². The molecule has 21 heavy (non-hydrogen) atoms. The Labute approximate surface area is 125 Å². The van der Waals surface area contributed by atoms with Gasteiger partial charge in [-0.25, -0.2) is 0 Å². The zero-order valence-corrected chi connectivity index (χ0v) is 13.3. The van der Waals surface area contributed by atoms with Crippen LogP contribution < -0.4 is 5.32 Å². The molecule has 2 aromatic heterocycles. The zero-order valence-electron chi connectivity index (χ0n) is 13.3. The third-order valence-corrected chi connectivity index (χ3v) is 3.77. The maximum Gasteiger partial charge on any atom is 0.255 e. The van der Waals surface area contributed by atoms with Gasteiger partial charge in [-0.05, 0) is 34.6 Å². The monoisotopic (exact) mass is 289 g/mol. The van der Waals surface area contributed by atoms with Crippen molar-refractivity contribution >= 4 is 5.91 Å². The number of carbonyl (C=O) groups is 1. The fourth-order valence-corrected chi connectivity index (χ4v) is 2.46. The first-order valence-corrected chi connectivity index (χ1v) is 7.35. The number of hydrogen-bond acceptors (Lipinski definition) is 3. The molecule has 0 aliphatic heterocycles. The molecule has 0 saturated carbocycles. The van der Waals surface area contributed by atoms with Gasteiger partial charge in [-0.2, -0.15) is 10.2 Å². The Morgan fingerprint density at radius 3 is 2.57 bits per heavy atom. The minimum atomic E-state index is -0.0941. The molecule has 1 N–H and O–H groups in total. The van der Waals surface area contributed by atoms with Crippen LogP contribution in [0.5, 0.6) is 0 Å². The molecule has 0 aliphatic rings. The summed E-state index contributed by atoms with van der Waals surface area (Å²) in [4.78, 5) is 12.4. The van der Waals surface area contributed by atoms with E-state index in [1.807, 2.05) is 50.2 Å². The van der Waals surface area contributed by atoms with Gasteiger partial charge in [-0.1, -0.05) is 0 Å². The highest BCUT2D eigenvalue weighted by Crippen LogP contribution is 2.17. The molecule has 0 fully saturated rings. The average molecular weight is 289 g/mol. The quantitative estimate of drug-likeness (QED) is 0.918. The Bertz CT molecular complexity index is 641. The Morgan fingerprint density at radius 2 is 2.05 bits per heavy atom. The molecular formula is C15H23N5O. The van der Waals surface area contributed by atoms with Gasteiger partial charge >= 0.3 is 0 Å². The van der Waals surface area contributed by atoms with Gasteiger partial charge in [-0.15, -0.1) is 0 Å². The highest BCUT2D eigenvalue weighted by molar-refractivity contribution is 5.95. The molecule has 1 atom stereocenters. The highest BCUT2D eigenvalue weighted by atomic mass is 16.1. The van der Waals surface area contributed by atoms with E-state index in [-0.39, 0.29) is 11.9 Å². The summed E-state index contributed by atoms with van der Waals surface area (Å²) in [6, 6.07) is -0.0813. The minimum absolute atomic E-state index is 0.0813. The highest BCUT2D eigenvalue weighted by Gasteiger charge is 2.18. The Kier molecular flexibility index (Phi) is 4.45. The van der Waals surface area contributed by atoms with Gasteiger partial charge in [0.25, 0.3) is 5.91 Å². The Morgan fingerprint density at radius 1 is 1.33 bits per heavy atom. The molecule has 1 amide bonds. The lowest BCUT2D eigenvalue weighted by Crippen LogP contribution is -2.27. The first kappa shape index (κ1) is 15.3. The van der Waals surface area contributed by atoms with Gasteiger partial charge in [-0.3, -0.25) is 14.2 Å². The summed E-state index contributed by atoms with van der Waals surface area (Å²) in [5, 5.41) is 11.6. The van der Waals surface area contributed by atoms with Crippen LogP contribution in [0.4, 0.5) is 0 Å². The first-order chi connectivity index (χ1) is 9.97. The van der Waals surface area contributed by atoms with Crippen LogP contribution >= 0.6 is 0 Å². The third-order valence-electron chi connectivity index (χ3n) is 3.77. The van der Waals surface area contributed by atoms with E-state index in [0.717, 1.165) is 30.0 Å². The zero-order chi connectivity index (χ0) is 15.6. The van der Waals surface area contributed by atoms with Crippen molar-refractivity contribution in [1.29, 1.82) is 0 Å². The van der Waals surface area contributed by atoms with E-state index >= 15 is 0 Å². The van der Waals surface area contributed by atoms with Crippen LogP contribution in [-0.2, 0) is 13.1 Å². The molecule has 6 heteroatoms. The summed E-state index contributed by atoms with van der Waals surface area (Å²) in [6.45, 7) is 11.5. The molecule has 0 bridgehead atoms. The van der Waals surface area contributed by atoms with Crippen LogP contribution in [0, 0.1) is 13.8 Å². The lowest BCUT2D eigenvalue weighted by Gasteiger charge is -2.13. The van der Waals surface area contributed by atoms with Crippen LogP contribution in [0.25, 0.3) is 0 Å². The van der Waals surface area contributed by atoms with E-state index in [2.05, 4.69) is 15.5 Å². The first-order valence-electron chi connectivity index (χ1n) is 7.35. The maximum atomic E-state index is 12.4. The topological polar surface area (TPSA) is 64.7 Å². The molecule has 0 aliphatic carbocycles. The fraction of sp³-hybridized carbons (Fsp3) is 0.533. The van der Waals surface area contributed by atoms with Gasteiger partial charge in [0, 0.05) is 30.5 Å². The number of nitrogens with one attached hydrogen (secondary N) is 1. The number of hydrogen-bond donors (Lipinski definition) is 1. The molecule has 0 radical (unpaired) electrons. The van der Waals surface area contributed by atoms with Gasteiger partial charge < -0.3 is 5.32 Å². The molecular weight excluding hydrogens is 266 g/mol. The van der Waals surface area contributed by atoms with E-state index < -0.39 is 0 Å². The van der Waals surface area contributed by atoms with Crippen LogP contribution in [0.3, 0.4) is 0 Å². The number of rotatable bonds is 5. The van der Waals surface area contributed by atoms with Crippen LogP contribution in [0.15, 0.2) is 12.4 Å². The van der Waals surface area contributed by atoms with Crippen molar-refractivity contribution < 1.29 is 4.79 Å².